The molecule has 1 amide bonds. The summed E-state index contributed by atoms with van der Waals surface area (Å²) in [5.74, 6) is 1.11. The Morgan fingerprint density at radius 2 is 2.00 bits per heavy atom. The van der Waals surface area contributed by atoms with Crippen molar-refractivity contribution in [1.29, 1.82) is 0 Å². The Kier molecular flexibility index (Phi) is 5.31. The number of hydrogen-bond donors (Lipinski definition) is 2. The van der Waals surface area contributed by atoms with Crippen LogP contribution >= 0.6 is 0 Å². The summed E-state index contributed by atoms with van der Waals surface area (Å²) < 4.78 is 7.07. The molecule has 0 unspecified atom stereocenters. The van der Waals surface area contributed by atoms with Gasteiger partial charge >= 0.3 is 0 Å². The number of rotatable bonds is 7. The smallest absolute Gasteiger partial charge is 0.245 e. The molecule has 0 saturated heterocycles. The zero-order valence-electron chi connectivity index (χ0n) is 14.0. The van der Waals surface area contributed by atoms with Crippen LogP contribution in [0.15, 0.2) is 67.0 Å². The maximum absolute atomic E-state index is 12.2. The van der Waals surface area contributed by atoms with Crippen molar-refractivity contribution in [3.05, 3.63) is 72.6 Å². The summed E-state index contributed by atoms with van der Waals surface area (Å²) in [5.41, 5.74) is 1.97. The van der Waals surface area contributed by atoms with Crippen molar-refractivity contribution in [2.75, 3.05) is 24.3 Å². The number of nitrogens with one attached hydrogen (secondary N) is 2. The van der Waals surface area contributed by atoms with Gasteiger partial charge in [-0.2, -0.15) is 0 Å². The molecule has 0 aliphatic rings. The van der Waals surface area contributed by atoms with E-state index in [4.69, 9.17) is 4.74 Å². The highest BCUT2D eigenvalue weighted by Gasteiger charge is 2.08. The van der Waals surface area contributed by atoms with Crippen molar-refractivity contribution in [3.8, 4) is 5.75 Å². The molecular formula is C19H20N4O2. The minimum Gasteiger partial charge on any atom is -0.497 e. The molecule has 0 aliphatic heterocycles. The van der Waals surface area contributed by atoms with Crippen molar-refractivity contribution in [2.45, 2.75) is 6.54 Å². The van der Waals surface area contributed by atoms with E-state index in [9.17, 15) is 4.79 Å². The molecule has 0 atom stereocenters. The first-order valence-corrected chi connectivity index (χ1v) is 7.97. The molecule has 0 fully saturated rings. The fourth-order valence-electron chi connectivity index (χ4n) is 2.43. The molecule has 25 heavy (non-hydrogen) atoms. The highest BCUT2D eigenvalue weighted by Crippen LogP contribution is 2.16. The van der Waals surface area contributed by atoms with Crippen LogP contribution < -0.4 is 15.4 Å². The highest BCUT2D eigenvalue weighted by molar-refractivity contribution is 5.92. The number of nitrogens with zero attached hydrogens (tertiary/aromatic N) is 2. The summed E-state index contributed by atoms with van der Waals surface area (Å²) in [6.07, 6.45) is 3.52. The minimum atomic E-state index is -0.164. The Bertz CT molecular complexity index is 830. The van der Waals surface area contributed by atoms with Crippen LogP contribution in [-0.4, -0.2) is 29.1 Å². The van der Waals surface area contributed by atoms with E-state index in [1.807, 2.05) is 65.4 Å². The summed E-state index contributed by atoms with van der Waals surface area (Å²) in [7, 11) is 1.61. The molecule has 0 bridgehead atoms. The number of methoxy groups -OCH3 is 1. The average Bonchev–Trinajstić information content (AvgIpc) is 3.07. The monoisotopic (exact) mass is 336 g/mol. The average molecular weight is 336 g/mol. The van der Waals surface area contributed by atoms with Gasteiger partial charge in [-0.15, -0.1) is 0 Å². The molecule has 1 heterocycles. The van der Waals surface area contributed by atoms with Gasteiger partial charge in [-0.1, -0.05) is 36.4 Å². The molecule has 3 aromatic rings. The minimum absolute atomic E-state index is 0.144. The number of benzene rings is 2. The van der Waals surface area contributed by atoms with E-state index in [0.717, 1.165) is 17.0 Å². The summed E-state index contributed by atoms with van der Waals surface area (Å²) in [6.45, 7) is 0.797. The maximum atomic E-state index is 12.2. The first-order valence-electron chi connectivity index (χ1n) is 7.97. The lowest BCUT2D eigenvalue weighted by Crippen LogP contribution is -2.23. The number of aromatic nitrogens is 2. The first-order chi connectivity index (χ1) is 12.2. The summed E-state index contributed by atoms with van der Waals surface area (Å²) >= 11 is 0. The third-order valence-corrected chi connectivity index (χ3v) is 3.69. The number of hydrogen-bond acceptors (Lipinski definition) is 4. The Morgan fingerprint density at radius 1 is 1.16 bits per heavy atom. The number of amides is 1. The predicted octanol–water partition coefficient (Wildman–Crippen LogP) is 2.99. The van der Waals surface area contributed by atoms with Crippen LogP contribution in [0.1, 0.15) is 5.56 Å². The molecule has 0 aliphatic carbocycles. The van der Waals surface area contributed by atoms with Crippen molar-refractivity contribution in [3.63, 3.8) is 0 Å². The van der Waals surface area contributed by atoms with Gasteiger partial charge < -0.3 is 14.6 Å². The van der Waals surface area contributed by atoms with Crippen molar-refractivity contribution < 1.29 is 9.53 Å². The number of anilines is 2. The van der Waals surface area contributed by atoms with Crippen molar-refractivity contribution in [2.24, 2.45) is 0 Å². The van der Waals surface area contributed by atoms with Gasteiger partial charge in [0.15, 0.2) is 0 Å². The lowest BCUT2D eigenvalue weighted by Gasteiger charge is -2.10. The second-order valence-corrected chi connectivity index (χ2v) is 5.50. The van der Waals surface area contributed by atoms with Crippen LogP contribution in [0.2, 0.25) is 0 Å². The van der Waals surface area contributed by atoms with E-state index in [0.29, 0.717) is 12.5 Å². The number of carbonyl (C=O) groups is 1. The Hall–Kier alpha value is -3.28. The van der Waals surface area contributed by atoms with E-state index >= 15 is 0 Å². The second-order valence-electron chi connectivity index (χ2n) is 5.50. The third-order valence-electron chi connectivity index (χ3n) is 3.69. The quantitative estimate of drug-likeness (QED) is 0.696. The van der Waals surface area contributed by atoms with Crippen molar-refractivity contribution >= 4 is 17.5 Å². The van der Waals surface area contributed by atoms with Gasteiger partial charge in [0.2, 0.25) is 11.9 Å². The van der Waals surface area contributed by atoms with Crippen LogP contribution in [0.4, 0.5) is 11.6 Å². The molecule has 128 valence electrons. The zero-order chi connectivity index (χ0) is 17.5. The van der Waals surface area contributed by atoms with Gasteiger partial charge in [0.25, 0.3) is 0 Å². The van der Waals surface area contributed by atoms with E-state index < -0.39 is 0 Å². The summed E-state index contributed by atoms with van der Waals surface area (Å²) in [6, 6.07) is 17.5. The van der Waals surface area contributed by atoms with Crippen LogP contribution in [-0.2, 0) is 11.3 Å². The lowest BCUT2D eigenvalue weighted by molar-refractivity contribution is -0.114. The standard InChI is InChI=1S/C19H20N4O2/c1-25-17-9-5-8-16(12-17)21-13-18(24)22-19-20-10-11-23(19)14-15-6-3-2-4-7-15/h2-12,21H,13-14H2,1H3,(H,20,22,24). The highest BCUT2D eigenvalue weighted by atomic mass is 16.5. The number of ether oxygens (including phenoxy) is 1. The third kappa shape index (κ3) is 4.60. The SMILES string of the molecule is COc1cccc(NCC(=O)Nc2nccn2Cc2ccccc2)c1. The largest absolute Gasteiger partial charge is 0.497 e. The molecule has 2 N–H and O–H groups in total. The van der Waals surface area contributed by atoms with E-state index in [-0.39, 0.29) is 12.5 Å². The van der Waals surface area contributed by atoms with Gasteiger partial charge in [-0.05, 0) is 17.7 Å². The molecular weight excluding hydrogens is 316 g/mol. The van der Waals surface area contributed by atoms with E-state index in [2.05, 4.69) is 15.6 Å². The van der Waals surface area contributed by atoms with Gasteiger partial charge in [0, 0.05) is 24.1 Å². The van der Waals surface area contributed by atoms with E-state index in [1.54, 1.807) is 13.3 Å². The molecule has 0 radical (unpaired) electrons. The molecule has 6 heteroatoms. The predicted molar refractivity (Wildman–Crippen MR) is 97.9 cm³/mol. The van der Waals surface area contributed by atoms with Crippen LogP contribution in [0.3, 0.4) is 0 Å². The molecule has 6 nitrogen and oxygen atoms in total. The molecule has 2 aromatic carbocycles. The van der Waals surface area contributed by atoms with Gasteiger partial charge in [-0.3, -0.25) is 10.1 Å². The van der Waals surface area contributed by atoms with Gasteiger partial charge in [0.1, 0.15) is 5.75 Å². The Labute approximate surface area is 146 Å². The van der Waals surface area contributed by atoms with Crippen LogP contribution in [0, 0.1) is 0 Å². The number of carbonyl (C=O) groups excluding carboxylic acids is 1. The van der Waals surface area contributed by atoms with Crippen molar-refractivity contribution in [1.82, 2.24) is 9.55 Å². The maximum Gasteiger partial charge on any atom is 0.245 e. The van der Waals surface area contributed by atoms with Crippen LogP contribution in [0.25, 0.3) is 0 Å². The summed E-state index contributed by atoms with van der Waals surface area (Å²) in [4.78, 5) is 16.4. The second kappa shape index (κ2) is 8.01. The fourth-order valence-corrected chi connectivity index (χ4v) is 2.43. The zero-order valence-corrected chi connectivity index (χ0v) is 14.0. The number of imidazole rings is 1. The fraction of sp³-hybridized carbons (Fsp3) is 0.158. The topological polar surface area (TPSA) is 68.2 Å². The van der Waals surface area contributed by atoms with Gasteiger partial charge in [0.05, 0.1) is 20.2 Å². The van der Waals surface area contributed by atoms with Gasteiger partial charge in [-0.25, -0.2) is 4.98 Å². The molecule has 0 spiro atoms. The Morgan fingerprint density at radius 3 is 2.80 bits per heavy atom. The molecule has 3 rings (SSSR count). The van der Waals surface area contributed by atoms with Crippen LogP contribution in [0.5, 0.6) is 5.75 Å². The normalized spacial score (nSPS) is 10.3. The first kappa shape index (κ1) is 16.6. The summed E-state index contributed by atoms with van der Waals surface area (Å²) in [5, 5.41) is 5.90. The molecule has 0 saturated carbocycles. The van der Waals surface area contributed by atoms with E-state index in [1.165, 1.54) is 0 Å². The Balaban J connectivity index is 1.57. The molecule has 1 aromatic heterocycles. The lowest BCUT2D eigenvalue weighted by atomic mass is 10.2.